The highest BCUT2D eigenvalue weighted by Gasteiger charge is 2.29. The van der Waals surface area contributed by atoms with Crippen molar-refractivity contribution < 1.29 is 14.3 Å². The third kappa shape index (κ3) is 4.88. The monoisotopic (exact) mass is 416 g/mol. The fraction of sp³-hybridized carbons (Fsp3) is 0.476. The highest BCUT2D eigenvalue weighted by Crippen LogP contribution is 2.46. The number of fused-ring (bicyclic) bond motifs is 2. The second-order valence-electron chi connectivity index (χ2n) is 7.80. The lowest BCUT2D eigenvalue weighted by Crippen LogP contribution is -2.31. The highest BCUT2D eigenvalue weighted by molar-refractivity contribution is 7.99. The van der Waals surface area contributed by atoms with Gasteiger partial charge in [0.15, 0.2) is 5.82 Å². The van der Waals surface area contributed by atoms with Gasteiger partial charge in [0.1, 0.15) is 11.8 Å². The molecule has 3 rings (SSSR count). The minimum Gasteiger partial charge on any atom is -0.469 e. The Morgan fingerprint density at radius 2 is 2.00 bits per heavy atom. The Balaban J connectivity index is 1.74. The topological polar surface area (TPSA) is 67.8 Å². The first-order valence-corrected chi connectivity index (χ1v) is 10.3. The van der Waals surface area contributed by atoms with Gasteiger partial charge >= 0.3 is 5.97 Å². The quantitative estimate of drug-likeness (QED) is 0.604. The molecule has 0 radical (unpaired) electrons. The summed E-state index contributed by atoms with van der Waals surface area (Å²) in [7, 11) is 5.18. The molecule has 8 heteroatoms. The number of aromatic nitrogens is 2. The molecule has 7 nitrogen and oxygen atoms in total. The summed E-state index contributed by atoms with van der Waals surface area (Å²) in [6.45, 7) is 5.83. The summed E-state index contributed by atoms with van der Waals surface area (Å²) < 4.78 is 10.3. The van der Waals surface area contributed by atoms with Crippen molar-refractivity contribution in [2.45, 2.75) is 36.7 Å². The molecule has 2 aromatic rings. The maximum Gasteiger partial charge on any atom is 0.311 e. The van der Waals surface area contributed by atoms with Crippen molar-refractivity contribution in [1.82, 2.24) is 14.9 Å². The molecular weight excluding hydrogens is 388 g/mol. The number of ether oxygens (including phenoxy) is 2. The fourth-order valence-corrected chi connectivity index (χ4v) is 4.24. The van der Waals surface area contributed by atoms with Crippen molar-refractivity contribution >= 4 is 29.2 Å². The van der Waals surface area contributed by atoms with E-state index >= 15 is 0 Å². The Morgan fingerprint density at radius 3 is 2.72 bits per heavy atom. The SMILES string of the molecule is COCN1c2cc(CN(C)CCC(C)(C)C(=O)OC)ccc2Sc2nccnc21. The minimum absolute atomic E-state index is 0.174. The third-order valence-electron chi connectivity index (χ3n) is 4.99. The predicted molar refractivity (Wildman–Crippen MR) is 113 cm³/mol. The Bertz CT molecular complexity index is 875. The number of nitrogens with zero attached hydrogens (tertiary/aromatic N) is 4. The molecule has 1 aromatic carbocycles. The minimum atomic E-state index is -0.493. The second kappa shape index (κ2) is 9.11. The zero-order chi connectivity index (χ0) is 21.0. The largest absolute Gasteiger partial charge is 0.469 e. The molecule has 0 N–H and O–H groups in total. The summed E-state index contributed by atoms with van der Waals surface area (Å²) in [6.07, 6.45) is 4.14. The molecule has 0 spiro atoms. The normalized spacial score (nSPS) is 13.2. The molecule has 0 saturated heterocycles. The molecule has 0 amide bonds. The van der Waals surface area contributed by atoms with Crippen molar-refractivity contribution in [1.29, 1.82) is 0 Å². The Kier molecular flexibility index (Phi) is 6.77. The lowest BCUT2D eigenvalue weighted by molar-refractivity contribution is -0.151. The first kappa shape index (κ1) is 21.5. The Labute approximate surface area is 176 Å². The molecule has 29 heavy (non-hydrogen) atoms. The average molecular weight is 417 g/mol. The lowest BCUT2D eigenvalue weighted by atomic mass is 9.89. The molecule has 0 atom stereocenters. The molecule has 0 bridgehead atoms. The van der Waals surface area contributed by atoms with Gasteiger partial charge in [-0.2, -0.15) is 0 Å². The van der Waals surface area contributed by atoms with E-state index in [2.05, 4.69) is 45.0 Å². The van der Waals surface area contributed by atoms with Gasteiger partial charge in [-0.05, 0) is 51.6 Å². The number of carbonyl (C=O) groups excluding carboxylic acids is 1. The maximum absolute atomic E-state index is 11.9. The zero-order valence-electron chi connectivity index (χ0n) is 17.6. The third-order valence-corrected chi connectivity index (χ3v) is 6.04. The lowest BCUT2D eigenvalue weighted by Gasteiger charge is -2.31. The van der Waals surface area contributed by atoms with E-state index in [4.69, 9.17) is 9.47 Å². The van der Waals surface area contributed by atoms with Crippen LogP contribution in [0, 0.1) is 5.41 Å². The van der Waals surface area contributed by atoms with E-state index in [0.29, 0.717) is 6.73 Å². The van der Waals surface area contributed by atoms with E-state index in [1.165, 1.54) is 12.7 Å². The van der Waals surface area contributed by atoms with Gasteiger partial charge in [-0.15, -0.1) is 0 Å². The Morgan fingerprint density at radius 1 is 1.24 bits per heavy atom. The summed E-state index contributed by atoms with van der Waals surface area (Å²) in [4.78, 5) is 26.2. The predicted octanol–water partition coefficient (Wildman–Crippen LogP) is 3.70. The summed E-state index contributed by atoms with van der Waals surface area (Å²) in [5.41, 5.74) is 1.77. The van der Waals surface area contributed by atoms with Gasteiger partial charge in [-0.1, -0.05) is 17.8 Å². The number of methoxy groups -OCH3 is 2. The van der Waals surface area contributed by atoms with Crippen molar-refractivity contribution in [3.05, 3.63) is 36.2 Å². The van der Waals surface area contributed by atoms with Crippen LogP contribution < -0.4 is 4.90 Å². The van der Waals surface area contributed by atoms with Gasteiger partial charge in [0.25, 0.3) is 0 Å². The van der Waals surface area contributed by atoms with Crippen LogP contribution in [0.25, 0.3) is 0 Å². The van der Waals surface area contributed by atoms with Crippen LogP contribution in [0.5, 0.6) is 0 Å². The van der Waals surface area contributed by atoms with Crippen molar-refractivity contribution in [2.24, 2.45) is 5.41 Å². The molecule has 0 saturated carbocycles. The standard InChI is InChI=1S/C21H28N4O3S/c1-21(2,20(26)28-5)8-11-24(3)13-15-6-7-17-16(12-15)25(14-27-4)18-19(29-17)23-10-9-22-18/h6-7,9-10,12H,8,11,13-14H2,1-5H3. The number of anilines is 2. The van der Waals surface area contributed by atoms with Crippen molar-refractivity contribution in [3.63, 3.8) is 0 Å². The number of carbonyl (C=O) groups is 1. The zero-order valence-corrected chi connectivity index (χ0v) is 18.5. The molecule has 0 unspecified atom stereocenters. The molecule has 156 valence electrons. The van der Waals surface area contributed by atoms with Crippen LogP contribution in [0.15, 0.2) is 40.5 Å². The van der Waals surface area contributed by atoms with Crippen molar-refractivity contribution in [2.75, 3.05) is 39.4 Å². The van der Waals surface area contributed by atoms with Gasteiger partial charge < -0.3 is 14.4 Å². The number of benzene rings is 1. The first-order valence-electron chi connectivity index (χ1n) is 9.51. The first-order chi connectivity index (χ1) is 13.9. The van der Waals surface area contributed by atoms with Crippen LogP contribution in [0.4, 0.5) is 11.5 Å². The second-order valence-corrected chi connectivity index (χ2v) is 8.83. The van der Waals surface area contributed by atoms with Gasteiger partial charge in [0, 0.05) is 30.9 Å². The fourth-order valence-electron chi connectivity index (χ4n) is 3.25. The van der Waals surface area contributed by atoms with E-state index in [-0.39, 0.29) is 5.97 Å². The van der Waals surface area contributed by atoms with Gasteiger partial charge in [-0.25, -0.2) is 9.97 Å². The van der Waals surface area contributed by atoms with E-state index in [1.54, 1.807) is 31.3 Å². The molecule has 1 aromatic heterocycles. The van der Waals surface area contributed by atoms with Gasteiger partial charge in [0.05, 0.1) is 18.2 Å². The summed E-state index contributed by atoms with van der Waals surface area (Å²) in [6, 6.07) is 6.45. The van der Waals surface area contributed by atoms with Crippen LogP contribution in [-0.4, -0.2) is 55.4 Å². The molecule has 0 fully saturated rings. The van der Waals surface area contributed by atoms with E-state index < -0.39 is 5.41 Å². The molecule has 0 aliphatic carbocycles. The van der Waals surface area contributed by atoms with Crippen LogP contribution in [0.1, 0.15) is 25.8 Å². The number of esters is 1. The maximum atomic E-state index is 11.9. The summed E-state index contributed by atoms with van der Waals surface area (Å²) in [5, 5.41) is 0.881. The summed E-state index contributed by atoms with van der Waals surface area (Å²) in [5.74, 6) is 0.642. The molecular formula is C21H28N4O3S. The van der Waals surface area contributed by atoms with Crippen LogP contribution >= 0.6 is 11.8 Å². The van der Waals surface area contributed by atoms with Crippen molar-refractivity contribution in [3.8, 4) is 0 Å². The van der Waals surface area contributed by atoms with E-state index in [0.717, 1.165) is 40.9 Å². The highest BCUT2D eigenvalue weighted by atomic mass is 32.2. The number of hydrogen-bond donors (Lipinski definition) is 0. The molecule has 1 aliphatic rings. The van der Waals surface area contributed by atoms with Crippen LogP contribution in [0.2, 0.25) is 0 Å². The number of rotatable bonds is 8. The van der Waals surface area contributed by atoms with E-state index in [9.17, 15) is 4.79 Å². The van der Waals surface area contributed by atoms with Gasteiger partial charge in [-0.3, -0.25) is 9.69 Å². The van der Waals surface area contributed by atoms with Crippen LogP contribution in [-0.2, 0) is 20.8 Å². The average Bonchev–Trinajstić information content (AvgIpc) is 2.72. The van der Waals surface area contributed by atoms with E-state index in [1.807, 2.05) is 13.8 Å². The van der Waals surface area contributed by atoms with Crippen LogP contribution in [0.3, 0.4) is 0 Å². The van der Waals surface area contributed by atoms with Gasteiger partial charge in [0.2, 0.25) is 0 Å². The number of hydrogen-bond acceptors (Lipinski definition) is 8. The molecule has 1 aliphatic heterocycles. The Hall–Kier alpha value is -2.16. The summed E-state index contributed by atoms with van der Waals surface area (Å²) >= 11 is 1.62. The molecule has 2 heterocycles. The smallest absolute Gasteiger partial charge is 0.311 e.